The summed E-state index contributed by atoms with van der Waals surface area (Å²) in [6, 6.07) is 13.2. The first-order valence-corrected chi connectivity index (χ1v) is 7.62. The topological polar surface area (TPSA) is 29.5 Å². The Kier molecular flexibility index (Phi) is 5.46. The van der Waals surface area contributed by atoms with Crippen LogP contribution in [0.5, 0.6) is 5.75 Å². The molecule has 0 aliphatic carbocycles. The predicted molar refractivity (Wildman–Crippen MR) is 85.2 cm³/mol. The van der Waals surface area contributed by atoms with Crippen molar-refractivity contribution in [1.82, 2.24) is 0 Å². The van der Waals surface area contributed by atoms with Crippen molar-refractivity contribution in [3.63, 3.8) is 0 Å². The first kappa shape index (κ1) is 15.4. The van der Waals surface area contributed by atoms with E-state index in [4.69, 9.17) is 16.3 Å². The number of aliphatic hydroxyl groups excluding tert-OH is 1. The van der Waals surface area contributed by atoms with Crippen molar-refractivity contribution in [2.24, 2.45) is 0 Å². The van der Waals surface area contributed by atoms with Crippen molar-refractivity contribution in [3.8, 4) is 5.75 Å². The Morgan fingerprint density at radius 2 is 1.90 bits per heavy atom. The van der Waals surface area contributed by atoms with Gasteiger partial charge in [0.15, 0.2) is 0 Å². The van der Waals surface area contributed by atoms with Crippen LogP contribution >= 0.6 is 27.5 Å². The SMILES string of the molecule is CCC(O)c1ccc(OCc2ccc(Br)cc2Cl)cc1. The third-order valence-corrected chi connectivity index (χ3v) is 3.91. The van der Waals surface area contributed by atoms with Crippen LogP contribution in [0.2, 0.25) is 5.02 Å². The molecule has 2 rings (SSSR count). The van der Waals surface area contributed by atoms with Crippen molar-refractivity contribution < 1.29 is 9.84 Å². The molecule has 0 saturated heterocycles. The van der Waals surface area contributed by atoms with Crippen LogP contribution in [0.4, 0.5) is 0 Å². The molecule has 0 heterocycles. The average Bonchev–Trinajstić information content (AvgIpc) is 2.46. The number of ether oxygens (including phenoxy) is 1. The average molecular weight is 356 g/mol. The molecule has 0 amide bonds. The van der Waals surface area contributed by atoms with Crippen LogP contribution in [-0.2, 0) is 6.61 Å². The predicted octanol–water partition coefficient (Wildman–Crippen LogP) is 5.12. The van der Waals surface area contributed by atoms with Crippen LogP contribution in [0.25, 0.3) is 0 Å². The highest BCUT2D eigenvalue weighted by Crippen LogP contribution is 2.24. The molecule has 2 aromatic carbocycles. The van der Waals surface area contributed by atoms with E-state index in [9.17, 15) is 5.11 Å². The maximum atomic E-state index is 9.73. The standard InChI is InChI=1S/C16H16BrClO2/c1-2-16(19)11-4-7-14(8-5-11)20-10-12-3-6-13(17)9-15(12)18/h3-9,16,19H,2,10H2,1H3. The second-order valence-electron chi connectivity index (χ2n) is 4.52. The highest BCUT2D eigenvalue weighted by molar-refractivity contribution is 9.10. The zero-order valence-electron chi connectivity index (χ0n) is 11.1. The number of rotatable bonds is 5. The second kappa shape index (κ2) is 7.11. The van der Waals surface area contributed by atoms with E-state index in [0.717, 1.165) is 21.3 Å². The molecule has 106 valence electrons. The molecule has 4 heteroatoms. The number of aliphatic hydroxyl groups is 1. The minimum Gasteiger partial charge on any atom is -0.489 e. The van der Waals surface area contributed by atoms with Crippen LogP contribution in [-0.4, -0.2) is 5.11 Å². The van der Waals surface area contributed by atoms with Gasteiger partial charge in [0.25, 0.3) is 0 Å². The molecule has 0 saturated carbocycles. The molecule has 0 aliphatic rings. The van der Waals surface area contributed by atoms with Gasteiger partial charge in [-0.05, 0) is 36.2 Å². The van der Waals surface area contributed by atoms with Crippen molar-refractivity contribution in [3.05, 3.63) is 63.1 Å². The molecule has 0 bridgehead atoms. The highest BCUT2D eigenvalue weighted by atomic mass is 79.9. The molecule has 1 N–H and O–H groups in total. The van der Waals surface area contributed by atoms with E-state index in [1.165, 1.54) is 0 Å². The maximum absolute atomic E-state index is 9.73. The van der Waals surface area contributed by atoms with Crippen LogP contribution in [0.15, 0.2) is 46.9 Å². The van der Waals surface area contributed by atoms with Crippen LogP contribution in [0.1, 0.15) is 30.6 Å². The molecule has 1 unspecified atom stereocenters. The fourth-order valence-corrected chi connectivity index (χ4v) is 2.55. The van der Waals surface area contributed by atoms with Gasteiger partial charge in [-0.3, -0.25) is 0 Å². The monoisotopic (exact) mass is 354 g/mol. The van der Waals surface area contributed by atoms with Crippen LogP contribution in [0, 0.1) is 0 Å². The third-order valence-electron chi connectivity index (χ3n) is 3.06. The number of halogens is 2. The number of hydrogen-bond acceptors (Lipinski definition) is 2. The van der Waals surface area contributed by atoms with Gasteiger partial charge in [0, 0.05) is 15.1 Å². The summed E-state index contributed by atoms with van der Waals surface area (Å²) in [4.78, 5) is 0. The molecule has 0 radical (unpaired) electrons. The zero-order valence-corrected chi connectivity index (χ0v) is 13.5. The quantitative estimate of drug-likeness (QED) is 0.806. The Morgan fingerprint density at radius 3 is 2.50 bits per heavy atom. The van der Waals surface area contributed by atoms with E-state index in [-0.39, 0.29) is 0 Å². The first-order valence-electron chi connectivity index (χ1n) is 6.45. The summed E-state index contributed by atoms with van der Waals surface area (Å²) in [5.74, 6) is 0.760. The highest BCUT2D eigenvalue weighted by Gasteiger charge is 2.05. The zero-order chi connectivity index (χ0) is 14.5. The summed E-state index contributed by atoms with van der Waals surface area (Å²) in [6.07, 6.45) is 0.291. The van der Waals surface area contributed by atoms with Crippen LogP contribution < -0.4 is 4.74 Å². The molecular weight excluding hydrogens is 340 g/mol. The summed E-state index contributed by atoms with van der Waals surface area (Å²) in [5.41, 5.74) is 1.84. The summed E-state index contributed by atoms with van der Waals surface area (Å²) < 4.78 is 6.65. The van der Waals surface area contributed by atoms with Gasteiger partial charge in [0.05, 0.1) is 6.10 Å². The Hall–Kier alpha value is -1.03. The summed E-state index contributed by atoms with van der Waals surface area (Å²) in [7, 11) is 0. The van der Waals surface area contributed by atoms with E-state index in [0.29, 0.717) is 18.1 Å². The van der Waals surface area contributed by atoms with Gasteiger partial charge in [0.2, 0.25) is 0 Å². The van der Waals surface area contributed by atoms with E-state index in [1.54, 1.807) is 0 Å². The summed E-state index contributed by atoms with van der Waals surface area (Å²) in [6.45, 7) is 2.37. The fraction of sp³-hybridized carbons (Fsp3) is 0.250. The van der Waals surface area contributed by atoms with Gasteiger partial charge >= 0.3 is 0 Å². The normalized spacial score (nSPS) is 12.2. The first-order chi connectivity index (χ1) is 9.60. The molecule has 1 atom stereocenters. The Labute approximate surface area is 132 Å². The van der Waals surface area contributed by atoms with Gasteiger partial charge in [-0.15, -0.1) is 0 Å². The van der Waals surface area contributed by atoms with Gasteiger partial charge in [0.1, 0.15) is 12.4 Å². The van der Waals surface area contributed by atoms with Crippen LogP contribution in [0.3, 0.4) is 0 Å². The van der Waals surface area contributed by atoms with E-state index in [1.807, 2.05) is 49.4 Å². The lowest BCUT2D eigenvalue weighted by atomic mass is 10.1. The second-order valence-corrected chi connectivity index (χ2v) is 5.84. The molecular formula is C16H16BrClO2. The van der Waals surface area contributed by atoms with Gasteiger partial charge in [-0.2, -0.15) is 0 Å². The van der Waals surface area contributed by atoms with Gasteiger partial charge in [-0.1, -0.05) is 52.7 Å². The number of hydrogen-bond donors (Lipinski definition) is 1. The Bertz CT molecular complexity index is 569. The van der Waals surface area contributed by atoms with Gasteiger partial charge in [-0.25, -0.2) is 0 Å². The smallest absolute Gasteiger partial charge is 0.119 e. The fourth-order valence-electron chi connectivity index (χ4n) is 1.82. The Morgan fingerprint density at radius 1 is 1.20 bits per heavy atom. The molecule has 0 spiro atoms. The minimum absolute atomic E-state index is 0.412. The minimum atomic E-state index is -0.412. The molecule has 0 aromatic heterocycles. The molecule has 0 aliphatic heterocycles. The van der Waals surface area contributed by atoms with Gasteiger partial charge < -0.3 is 9.84 Å². The molecule has 2 aromatic rings. The Balaban J connectivity index is 2.00. The molecule has 2 nitrogen and oxygen atoms in total. The van der Waals surface area contributed by atoms with Crippen molar-refractivity contribution >= 4 is 27.5 Å². The summed E-state index contributed by atoms with van der Waals surface area (Å²) >= 11 is 9.51. The lowest BCUT2D eigenvalue weighted by Crippen LogP contribution is -1.98. The molecule has 20 heavy (non-hydrogen) atoms. The molecule has 0 fully saturated rings. The van der Waals surface area contributed by atoms with E-state index >= 15 is 0 Å². The van der Waals surface area contributed by atoms with Crippen molar-refractivity contribution in [2.45, 2.75) is 26.1 Å². The van der Waals surface area contributed by atoms with Crippen molar-refractivity contribution in [1.29, 1.82) is 0 Å². The summed E-state index contributed by atoms with van der Waals surface area (Å²) in [5, 5.41) is 10.4. The third kappa shape index (κ3) is 3.98. The van der Waals surface area contributed by atoms with E-state index in [2.05, 4.69) is 15.9 Å². The van der Waals surface area contributed by atoms with E-state index < -0.39 is 6.10 Å². The lowest BCUT2D eigenvalue weighted by Gasteiger charge is -2.11. The maximum Gasteiger partial charge on any atom is 0.119 e. The lowest BCUT2D eigenvalue weighted by molar-refractivity contribution is 0.173. The number of benzene rings is 2. The van der Waals surface area contributed by atoms with Crippen molar-refractivity contribution in [2.75, 3.05) is 0 Å². The largest absolute Gasteiger partial charge is 0.489 e.